The third-order valence-corrected chi connectivity index (χ3v) is 4.53. The summed E-state index contributed by atoms with van der Waals surface area (Å²) in [5.41, 5.74) is 1.12. The minimum atomic E-state index is -0.848. The molecule has 5 nitrogen and oxygen atoms in total. The Hall–Kier alpha value is -2.04. The molecule has 0 saturated heterocycles. The lowest BCUT2D eigenvalue weighted by atomic mass is 9.78. The van der Waals surface area contributed by atoms with Gasteiger partial charge in [0.1, 0.15) is 5.75 Å². The minimum absolute atomic E-state index is 0.114. The van der Waals surface area contributed by atoms with Crippen LogP contribution >= 0.6 is 0 Å². The molecule has 0 bridgehead atoms. The van der Waals surface area contributed by atoms with Gasteiger partial charge in [-0.15, -0.1) is 0 Å². The van der Waals surface area contributed by atoms with Crippen LogP contribution in [0.15, 0.2) is 24.3 Å². The lowest BCUT2D eigenvalue weighted by Crippen LogP contribution is -2.40. The number of carboxylic acids is 1. The van der Waals surface area contributed by atoms with Gasteiger partial charge in [-0.05, 0) is 37.3 Å². The summed E-state index contributed by atoms with van der Waals surface area (Å²) in [4.78, 5) is 23.5. The average Bonchev–Trinajstić information content (AvgIpc) is 2.58. The van der Waals surface area contributed by atoms with Crippen molar-refractivity contribution < 1.29 is 19.4 Å². The van der Waals surface area contributed by atoms with E-state index in [1.165, 1.54) is 0 Å². The van der Waals surface area contributed by atoms with Crippen LogP contribution in [0.1, 0.15) is 37.7 Å². The molecule has 2 atom stereocenters. The lowest BCUT2D eigenvalue weighted by molar-refractivity contribution is -0.148. The number of rotatable bonds is 7. The van der Waals surface area contributed by atoms with Crippen molar-refractivity contribution in [2.45, 2.75) is 38.5 Å². The Morgan fingerprint density at radius 3 is 2.61 bits per heavy atom. The molecule has 0 radical (unpaired) electrons. The molecule has 1 aromatic carbocycles. The molecule has 2 unspecified atom stereocenters. The minimum Gasteiger partial charge on any atom is -0.496 e. The maximum atomic E-state index is 12.2. The fraction of sp³-hybridized carbons (Fsp3) is 0.556. The number of hydrogen-bond acceptors (Lipinski definition) is 3. The van der Waals surface area contributed by atoms with Gasteiger partial charge in [-0.1, -0.05) is 31.0 Å². The van der Waals surface area contributed by atoms with Gasteiger partial charge in [0.2, 0.25) is 5.91 Å². The van der Waals surface area contributed by atoms with Crippen LogP contribution in [0.2, 0.25) is 0 Å². The maximum absolute atomic E-state index is 12.2. The average molecular weight is 319 g/mol. The van der Waals surface area contributed by atoms with E-state index in [0.29, 0.717) is 19.4 Å². The molecule has 0 spiro atoms. The van der Waals surface area contributed by atoms with Crippen molar-refractivity contribution in [1.29, 1.82) is 0 Å². The van der Waals surface area contributed by atoms with E-state index in [2.05, 4.69) is 5.32 Å². The Morgan fingerprint density at radius 2 is 1.91 bits per heavy atom. The molecule has 23 heavy (non-hydrogen) atoms. The Bertz CT molecular complexity index is 544. The van der Waals surface area contributed by atoms with E-state index in [1.54, 1.807) is 7.11 Å². The van der Waals surface area contributed by atoms with E-state index in [4.69, 9.17) is 4.74 Å². The standard InChI is InChI=1S/C18H25NO4/c1-23-16-11-5-2-7-13(16)8-6-12-19-17(20)14-9-3-4-10-15(14)18(21)22/h2,5,7,11,14-15H,3-4,6,8-10,12H2,1H3,(H,19,20)(H,21,22). The van der Waals surface area contributed by atoms with Gasteiger partial charge in [0, 0.05) is 6.54 Å². The largest absolute Gasteiger partial charge is 0.496 e. The SMILES string of the molecule is COc1ccccc1CCCNC(=O)C1CCCCC1C(=O)O. The normalized spacial score (nSPS) is 20.7. The van der Waals surface area contributed by atoms with Crippen molar-refractivity contribution >= 4 is 11.9 Å². The first-order chi connectivity index (χ1) is 11.1. The van der Waals surface area contributed by atoms with Gasteiger partial charge in [0.15, 0.2) is 0 Å². The monoisotopic (exact) mass is 319 g/mol. The first kappa shape index (κ1) is 17.3. The summed E-state index contributed by atoms with van der Waals surface area (Å²) in [6.07, 6.45) is 4.73. The predicted octanol–water partition coefficient (Wildman–Crippen LogP) is 2.64. The number of hydrogen-bond donors (Lipinski definition) is 2. The summed E-state index contributed by atoms with van der Waals surface area (Å²) in [6.45, 7) is 0.555. The number of aliphatic carboxylic acids is 1. The third-order valence-electron chi connectivity index (χ3n) is 4.53. The summed E-state index contributed by atoms with van der Waals surface area (Å²) in [5, 5.41) is 12.1. The topological polar surface area (TPSA) is 75.6 Å². The third kappa shape index (κ3) is 4.71. The van der Waals surface area contributed by atoms with Crippen LogP contribution in [0.3, 0.4) is 0 Å². The molecule has 2 N–H and O–H groups in total. The van der Waals surface area contributed by atoms with Crippen LogP contribution < -0.4 is 10.1 Å². The molecule has 0 heterocycles. The fourth-order valence-electron chi connectivity index (χ4n) is 3.27. The highest BCUT2D eigenvalue weighted by atomic mass is 16.5. The summed E-state index contributed by atoms with van der Waals surface area (Å²) in [5.74, 6) is -1.02. The molecule has 0 aromatic heterocycles. The molecule has 5 heteroatoms. The number of benzene rings is 1. The van der Waals surface area contributed by atoms with E-state index in [1.807, 2.05) is 24.3 Å². The van der Waals surface area contributed by atoms with Gasteiger partial charge in [0.25, 0.3) is 0 Å². The zero-order valence-electron chi connectivity index (χ0n) is 13.6. The van der Waals surface area contributed by atoms with Gasteiger partial charge in [-0.3, -0.25) is 9.59 Å². The molecule has 1 aromatic rings. The molecule has 1 saturated carbocycles. The molecule has 1 fully saturated rings. The quantitative estimate of drug-likeness (QED) is 0.758. The van der Waals surface area contributed by atoms with E-state index < -0.39 is 11.9 Å². The van der Waals surface area contributed by atoms with Crippen molar-refractivity contribution in [2.24, 2.45) is 11.8 Å². The van der Waals surface area contributed by atoms with Gasteiger partial charge in [0.05, 0.1) is 18.9 Å². The predicted molar refractivity (Wildman–Crippen MR) is 87.4 cm³/mol. The second kappa shape index (κ2) is 8.56. The first-order valence-corrected chi connectivity index (χ1v) is 8.26. The number of methoxy groups -OCH3 is 1. The van der Waals surface area contributed by atoms with E-state index in [-0.39, 0.29) is 11.8 Å². The Morgan fingerprint density at radius 1 is 1.22 bits per heavy atom. The van der Waals surface area contributed by atoms with Gasteiger partial charge in [-0.25, -0.2) is 0 Å². The van der Waals surface area contributed by atoms with Gasteiger partial charge in [-0.2, -0.15) is 0 Å². The highest BCUT2D eigenvalue weighted by Crippen LogP contribution is 2.30. The van der Waals surface area contributed by atoms with Gasteiger partial charge >= 0.3 is 5.97 Å². The Kier molecular flexibility index (Phi) is 6.44. The smallest absolute Gasteiger partial charge is 0.307 e. The van der Waals surface area contributed by atoms with Crippen molar-refractivity contribution in [3.05, 3.63) is 29.8 Å². The molecule has 126 valence electrons. The van der Waals surface area contributed by atoms with Crippen LogP contribution in [0.4, 0.5) is 0 Å². The summed E-state index contributed by atoms with van der Waals surface area (Å²) in [7, 11) is 1.65. The Balaban J connectivity index is 1.79. The van der Waals surface area contributed by atoms with Crippen LogP contribution in [0.5, 0.6) is 5.75 Å². The zero-order valence-corrected chi connectivity index (χ0v) is 13.6. The molecule has 1 aliphatic carbocycles. The summed E-state index contributed by atoms with van der Waals surface area (Å²) < 4.78 is 5.31. The fourth-order valence-corrected chi connectivity index (χ4v) is 3.27. The number of aryl methyl sites for hydroxylation is 1. The second-order valence-corrected chi connectivity index (χ2v) is 6.04. The van der Waals surface area contributed by atoms with Crippen molar-refractivity contribution in [3.8, 4) is 5.75 Å². The zero-order chi connectivity index (χ0) is 16.7. The first-order valence-electron chi connectivity index (χ1n) is 8.26. The van der Waals surface area contributed by atoms with Crippen LogP contribution in [-0.2, 0) is 16.0 Å². The van der Waals surface area contributed by atoms with E-state index >= 15 is 0 Å². The molecule has 1 amide bonds. The van der Waals surface area contributed by atoms with Gasteiger partial charge < -0.3 is 15.2 Å². The Labute approximate surface area is 137 Å². The van der Waals surface area contributed by atoms with Crippen molar-refractivity contribution in [3.63, 3.8) is 0 Å². The van der Waals surface area contributed by atoms with Crippen LogP contribution in [0, 0.1) is 11.8 Å². The number of ether oxygens (including phenoxy) is 1. The lowest BCUT2D eigenvalue weighted by Gasteiger charge is -2.27. The molecule has 2 rings (SSSR count). The number of carboxylic acid groups (broad SMARTS) is 1. The summed E-state index contributed by atoms with van der Waals surface area (Å²) in [6, 6.07) is 7.84. The number of amides is 1. The van der Waals surface area contributed by atoms with E-state index in [9.17, 15) is 14.7 Å². The molecule has 1 aliphatic rings. The highest BCUT2D eigenvalue weighted by molar-refractivity contribution is 5.84. The molecular weight excluding hydrogens is 294 g/mol. The van der Waals surface area contributed by atoms with Crippen molar-refractivity contribution in [1.82, 2.24) is 5.32 Å². The maximum Gasteiger partial charge on any atom is 0.307 e. The van der Waals surface area contributed by atoms with Crippen LogP contribution in [0.25, 0.3) is 0 Å². The number of carbonyl (C=O) groups excluding carboxylic acids is 1. The highest BCUT2D eigenvalue weighted by Gasteiger charge is 2.35. The second-order valence-electron chi connectivity index (χ2n) is 6.04. The number of nitrogens with one attached hydrogen (secondary N) is 1. The molecular formula is C18H25NO4. The van der Waals surface area contributed by atoms with Crippen LogP contribution in [-0.4, -0.2) is 30.6 Å². The molecule has 0 aliphatic heterocycles. The summed E-state index contributed by atoms with van der Waals surface area (Å²) >= 11 is 0. The number of carbonyl (C=O) groups is 2. The number of para-hydroxylation sites is 1. The van der Waals surface area contributed by atoms with E-state index in [0.717, 1.165) is 37.0 Å². The van der Waals surface area contributed by atoms with Crippen molar-refractivity contribution in [2.75, 3.05) is 13.7 Å².